The molecule has 1 aliphatic heterocycles. The molecule has 0 fully saturated rings. The van der Waals surface area contributed by atoms with E-state index in [1.807, 2.05) is 0 Å². The van der Waals surface area contributed by atoms with E-state index in [4.69, 9.17) is 0 Å². The minimum Gasteiger partial charge on any atom is -0.145 e. The van der Waals surface area contributed by atoms with Gasteiger partial charge in [0.2, 0.25) is 0 Å². The molecule has 0 saturated carbocycles. The second-order valence-corrected chi connectivity index (χ2v) is 6.17. The Bertz CT molecular complexity index is 518. The zero-order valence-electron chi connectivity index (χ0n) is 10.0. The van der Waals surface area contributed by atoms with Gasteiger partial charge >= 0.3 is 0 Å². The van der Waals surface area contributed by atoms with Crippen LogP contribution in [0, 0.1) is 0 Å². The molecule has 0 spiro atoms. The Morgan fingerprint density at radius 2 is 1.65 bits per heavy atom. The highest BCUT2D eigenvalue weighted by atomic mass is 32.2. The van der Waals surface area contributed by atoms with Gasteiger partial charge in [0.25, 0.3) is 0 Å². The first-order chi connectivity index (χ1) is 8.31. The molecule has 17 heavy (non-hydrogen) atoms. The molecular weight excluding hydrogens is 224 g/mol. The molecule has 1 atom stereocenters. The van der Waals surface area contributed by atoms with Crippen LogP contribution in [0.3, 0.4) is 0 Å². The van der Waals surface area contributed by atoms with Gasteiger partial charge in [0.1, 0.15) is 0 Å². The van der Waals surface area contributed by atoms with E-state index in [2.05, 4.69) is 73.3 Å². The van der Waals surface area contributed by atoms with Crippen molar-refractivity contribution in [2.45, 2.75) is 18.1 Å². The summed E-state index contributed by atoms with van der Waals surface area (Å²) in [5, 5.41) is 0. The maximum Gasteiger partial charge on any atom is 0.0631 e. The smallest absolute Gasteiger partial charge is 0.0631 e. The third-order valence-electron chi connectivity index (χ3n) is 3.62. The maximum atomic E-state index is 2.35. The number of hydrogen-bond donors (Lipinski definition) is 0. The van der Waals surface area contributed by atoms with Crippen molar-refractivity contribution >= 4 is 11.8 Å². The lowest BCUT2D eigenvalue weighted by Crippen LogP contribution is -2.25. The van der Waals surface area contributed by atoms with Gasteiger partial charge in [-0.05, 0) is 35.8 Å². The second-order valence-electron chi connectivity index (χ2n) is 4.65. The van der Waals surface area contributed by atoms with Crippen molar-refractivity contribution in [3.05, 3.63) is 71.3 Å². The molecule has 86 valence electrons. The summed E-state index contributed by atoms with van der Waals surface area (Å²) < 4.78 is 0.121. The third-order valence-corrected chi connectivity index (χ3v) is 5.06. The van der Waals surface area contributed by atoms with Crippen molar-refractivity contribution in [1.82, 2.24) is 0 Å². The average Bonchev–Trinajstić information content (AvgIpc) is 2.40. The van der Waals surface area contributed by atoms with E-state index in [1.165, 1.54) is 28.9 Å². The summed E-state index contributed by atoms with van der Waals surface area (Å²) in [7, 11) is 0. The minimum absolute atomic E-state index is 0.121. The zero-order valence-corrected chi connectivity index (χ0v) is 10.8. The molecule has 3 rings (SSSR count). The van der Waals surface area contributed by atoms with Crippen LogP contribution in [0.5, 0.6) is 0 Å². The molecule has 0 bridgehead atoms. The fourth-order valence-corrected chi connectivity index (χ4v) is 4.03. The van der Waals surface area contributed by atoms with Crippen LogP contribution in [-0.2, 0) is 11.2 Å². The first kappa shape index (κ1) is 10.9. The Balaban J connectivity index is 2.16. The van der Waals surface area contributed by atoms with E-state index >= 15 is 0 Å². The standard InChI is InChI=1S/C16H16S/c1-16(14-8-3-2-4-9-14)15-10-6-5-7-13(15)11-12-17-16/h2-10H,11-12H2,1H3. The van der Waals surface area contributed by atoms with E-state index in [9.17, 15) is 0 Å². The van der Waals surface area contributed by atoms with Gasteiger partial charge in [0.05, 0.1) is 4.75 Å². The molecule has 0 nitrogen and oxygen atoms in total. The highest BCUT2D eigenvalue weighted by Gasteiger charge is 2.33. The van der Waals surface area contributed by atoms with Gasteiger partial charge in [0.15, 0.2) is 0 Å². The van der Waals surface area contributed by atoms with Crippen LogP contribution in [0.2, 0.25) is 0 Å². The average molecular weight is 240 g/mol. The van der Waals surface area contributed by atoms with E-state index in [-0.39, 0.29) is 4.75 Å². The quantitative estimate of drug-likeness (QED) is 0.718. The molecule has 0 N–H and O–H groups in total. The molecule has 0 amide bonds. The number of thioether (sulfide) groups is 1. The van der Waals surface area contributed by atoms with Crippen LogP contribution in [0.4, 0.5) is 0 Å². The fourth-order valence-electron chi connectivity index (χ4n) is 2.64. The van der Waals surface area contributed by atoms with E-state index < -0.39 is 0 Å². The molecular formula is C16H16S. The summed E-state index contributed by atoms with van der Waals surface area (Å²) in [5.74, 6) is 1.21. The normalized spacial score (nSPS) is 23.1. The van der Waals surface area contributed by atoms with Crippen LogP contribution in [0.25, 0.3) is 0 Å². The lowest BCUT2D eigenvalue weighted by molar-refractivity contribution is 0.800. The molecule has 1 aliphatic rings. The predicted octanol–water partition coefficient (Wildman–Crippen LogP) is 4.24. The van der Waals surface area contributed by atoms with E-state index in [0.29, 0.717) is 0 Å². The molecule has 1 unspecified atom stereocenters. The van der Waals surface area contributed by atoms with Gasteiger partial charge in [-0.1, -0.05) is 54.6 Å². The molecule has 0 saturated heterocycles. The van der Waals surface area contributed by atoms with Crippen molar-refractivity contribution < 1.29 is 0 Å². The first-order valence-electron chi connectivity index (χ1n) is 6.08. The molecule has 1 heteroatoms. The van der Waals surface area contributed by atoms with Crippen molar-refractivity contribution in [3.63, 3.8) is 0 Å². The lowest BCUT2D eigenvalue weighted by Gasteiger charge is -2.36. The number of fused-ring (bicyclic) bond motifs is 1. The van der Waals surface area contributed by atoms with Gasteiger partial charge < -0.3 is 0 Å². The third kappa shape index (κ3) is 1.79. The zero-order chi connectivity index (χ0) is 11.7. The largest absolute Gasteiger partial charge is 0.145 e. The number of rotatable bonds is 1. The molecule has 0 aromatic heterocycles. The van der Waals surface area contributed by atoms with Crippen LogP contribution >= 0.6 is 11.8 Å². The number of hydrogen-bond acceptors (Lipinski definition) is 1. The molecule has 0 radical (unpaired) electrons. The number of aryl methyl sites for hydroxylation is 1. The summed E-state index contributed by atoms with van der Waals surface area (Å²) in [5.41, 5.74) is 4.41. The summed E-state index contributed by atoms with van der Waals surface area (Å²) in [6.07, 6.45) is 1.20. The first-order valence-corrected chi connectivity index (χ1v) is 7.07. The van der Waals surface area contributed by atoms with Crippen molar-refractivity contribution in [3.8, 4) is 0 Å². The van der Waals surface area contributed by atoms with Gasteiger partial charge in [-0.25, -0.2) is 0 Å². The predicted molar refractivity (Wildman–Crippen MR) is 75.5 cm³/mol. The minimum atomic E-state index is 0.121. The Morgan fingerprint density at radius 3 is 2.47 bits per heavy atom. The SMILES string of the molecule is CC1(c2ccccc2)SCCc2ccccc21. The monoisotopic (exact) mass is 240 g/mol. The Labute approximate surface area is 107 Å². The van der Waals surface area contributed by atoms with Crippen LogP contribution in [0.1, 0.15) is 23.6 Å². The summed E-state index contributed by atoms with van der Waals surface area (Å²) in [6, 6.07) is 19.7. The lowest BCUT2D eigenvalue weighted by atomic mass is 9.87. The van der Waals surface area contributed by atoms with Crippen molar-refractivity contribution in [2.24, 2.45) is 0 Å². The Kier molecular flexibility index (Phi) is 2.71. The van der Waals surface area contributed by atoms with Crippen molar-refractivity contribution in [2.75, 3.05) is 5.75 Å². The highest BCUT2D eigenvalue weighted by molar-refractivity contribution is 8.00. The second kappa shape index (κ2) is 4.23. The Morgan fingerprint density at radius 1 is 0.941 bits per heavy atom. The molecule has 2 aromatic carbocycles. The van der Waals surface area contributed by atoms with Crippen LogP contribution in [0.15, 0.2) is 54.6 Å². The maximum absolute atomic E-state index is 2.35. The van der Waals surface area contributed by atoms with Gasteiger partial charge in [0, 0.05) is 0 Å². The topological polar surface area (TPSA) is 0 Å². The summed E-state index contributed by atoms with van der Waals surface area (Å²) >= 11 is 2.06. The Hall–Kier alpha value is -1.21. The van der Waals surface area contributed by atoms with Crippen LogP contribution in [-0.4, -0.2) is 5.75 Å². The molecule has 0 aliphatic carbocycles. The van der Waals surface area contributed by atoms with Gasteiger partial charge in [-0.2, -0.15) is 0 Å². The fraction of sp³-hybridized carbons (Fsp3) is 0.250. The van der Waals surface area contributed by atoms with Crippen molar-refractivity contribution in [1.29, 1.82) is 0 Å². The molecule has 2 aromatic rings. The van der Waals surface area contributed by atoms with Gasteiger partial charge in [-0.3, -0.25) is 0 Å². The number of benzene rings is 2. The summed E-state index contributed by atoms with van der Waals surface area (Å²) in [6.45, 7) is 2.35. The van der Waals surface area contributed by atoms with E-state index in [1.54, 1.807) is 0 Å². The summed E-state index contributed by atoms with van der Waals surface area (Å²) in [4.78, 5) is 0. The molecule has 1 heterocycles. The van der Waals surface area contributed by atoms with E-state index in [0.717, 1.165) is 0 Å². The highest BCUT2D eigenvalue weighted by Crippen LogP contribution is 2.47. The van der Waals surface area contributed by atoms with Gasteiger partial charge in [-0.15, -0.1) is 11.8 Å². The van der Waals surface area contributed by atoms with Crippen LogP contribution < -0.4 is 0 Å².